The molecule has 1 aromatic carbocycles. The summed E-state index contributed by atoms with van der Waals surface area (Å²) in [5, 5.41) is 0. The fraction of sp³-hybridized carbons (Fsp3) is 0.571. The largest absolute Gasteiger partial charge is 0.385 e. The zero-order chi connectivity index (χ0) is 15.5. The summed E-state index contributed by atoms with van der Waals surface area (Å²) in [7, 11) is -2.25. The van der Waals surface area contributed by atoms with Crippen molar-refractivity contribution in [1.82, 2.24) is 4.31 Å². The Bertz CT molecular complexity index is 591. The molecule has 21 heavy (non-hydrogen) atoms. The number of ether oxygens (including phenoxy) is 2. The predicted octanol–water partition coefficient (Wildman–Crippen LogP) is 1.56. The second-order valence-corrected chi connectivity index (χ2v) is 6.98. The van der Waals surface area contributed by atoms with Gasteiger partial charge in [0.25, 0.3) is 0 Å². The first kappa shape index (κ1) is 16.4. The van der Waals surface area contributed by atoms with Crippen molar-refractivity contribution in [1.29, 1.82) is 0 Å². The second kappa shape index (κ2) is 6.83. The Labute approximate surface area is 124 Å². The Kier molecular flexibility index (Phi) is 5.32. The minimum Gasteiger partial charge on any atom is -0.385 e. The van der Waals surface area contributed by atoms with Crippen LogP contribution in [-0.2, 0) is 19.5 Å². The monoisotopic (exact) mass is 317 g/mol. The third kappa shape index (κ3) is 3.79. The molecule has 2 rings (SSSR count). The third-order valence-corrected chi connectivity index (χ3v) is 5.35. The van der Waals surface area contributed by atoms with Gasteiger partial charge in [0.05, 0.1) is 12.7 Å². The van der Waals surface area contributed by atoms with E-state index in [1.165, 1.54) is 16.4 Å². The van der Waals surface area contributed by atoms with Crippen LogP contribution in [0.15, 0.2) is 23.1 Å². The van der Waals surface area contributed by atoms with Crippen LogP contribution >= 0.6 is 0 Å². The first-order valence-corrected chi connectivity index (χ1v) is 8.26. The average molecular weight is 317 g/mol. The first-order valence-electron chi connectivity index (χ1n) is 6.82. The molecule has 1 aromatic rings. The Balaban J connectivity index is 2.18. The van der Waals surface area contributed by atoms with Crippen LogP contribution in [0.2, 0.25) is 0 Å². The number of morpholine rings is 1. The van der Waals surface area contributed by atoms with Crippen molar-refractivity contribution in [3.05, 3.63) is 29.6 Å². The summed E-state index contributed by atoms with van der Waals surface area (Å²) in [6.07, 6.45) is 0.390. The first-order chi connectivity index (χ1) is 9.95. The quantitative estimate of drug-likeness (QED) is 0.827. The van der Waals surface area contributed by atoms with E-state index in [0.717, 1.165) is 0 Å². The molecule has 0 aliphatic carbocycles. The van der Waals surface area contributed by atoms with Crippen molar-refractivity contribution < 1.29 is 22.3 Å². The topological polar surface area (TPSA) is 55.8 Å². The maximum atomic E-state index is 13.9. The fourth-order valence-corrected chi connectivity index (χ4v) is 3.79. The summed E-state index contributed by atoms with van der Waals surface area (Å²) in [6.45, 7) is 2.98. The van der Waals surface area contributed by atoms with Crippen LogP contribution in [0.4, 0.5) is 4.39 Å². The molecule has 1 aliphatic rings. The molecule has 0 unspecified atom stereocenters. The number of halogens is 1. The molecule has 1 saturated heterocycles. The summed E-state index contributed by atoms with van der Waals surface area (Å²) < 4.78 is 50.8. The highest BCUT2D eigenvalue weighted by molar-refractivity contribution is 7.89. The van der Waals surface area contributed by atoms with E-state index < -0.39 is 15.8 Å². The van der Waals surface area contributed by atoms with Gasteiger partial charge in [-0.2, -0.15) is 4.31 Å². The van der Waals surface area contributed by atoms with Gasteiger partial charge in [0, 0.05) is 26.8 Å². The smallest absolute Gasteiger partial charge is 0.246 e. The van der Waals surface area contributed by atoms with Gasteiger partial charge in [-0.05, 0) is 31.0 Å². The van der Waals surface area contributed by atoms with E-state index in [9.17, 15) is 12.8 Å². The van der Waals surface area contributed by atoms with Crippen LogP contribution in [0.3, 0.4) is 0 Å². The minimum atomic E-state index is -3.83. The summed E-state index contributed by atoms with van der Waals surface area (Å²) in [6, 6.07) is 4.15. The summed E-state index contributed by atoms with van der Waals surface area (Å²) in [5.74, 6) is -0.713. The SMILES string of the molecule is COCC[C@H]1CN(S(=O)(=O)c2ccc(C)cc2F)CCO1. The number of sulfonamides is 1. The number of methoxy groups -OCH3 is 1. The summed E-state index contributed by atoms with van der Waals surface area (Å²) in [5.41, 5.74) is 0.686. The molecule has 1 aliphatic heterocycles. The molecule has 5 nitrogen and oxygen atoms in total. The Morgan fingerprint density at radius 1 is 1.48 bits per heavy atom. The predicted molar refractivity (Wildman–Crippen MR) is 76.1 cm³/mol. The molecule has 0 amide bonds. The molecule has 1 heterocycles. The van der Waals surface area contributed by atoms with Crippen molar-refractivity contribution in [2.45, 2.75) is 24.3 Å². The van der Waals surface area contributed by atoms with Gasteiger partial charge in [-0.15, -0.1) is 0 Å². The summed E-state index contributed by atoms with van der Waals surface area (Å²) >= 11 is 0. The van der Waals surface area contributed by atoms with Crippen molar-refractivity contribution >= 4 is 10.0 Å². The normalized spacial score (nSPS) is 20.6. The zero-order valence-corrected chi connectivity index (χ0v) is 13.0. The highest BCUT2D eigenvalue weighted by Gasteiger charge is 2.32. The van der Waals surface area contributed by atoms with Crippen molar-refractivity contribution in [3.8, 4) is 0 Å². The molecule has 0 aromatic heterocycles. The van der Waals surface area contributed by atoms with Crippen LogP contribution in [-0.4, -0.2) is 52.2 Å². The van der Waals surface area contributed by atoms with Gasteiger partial charge in [-0.1, -0.05) is 6.07 Å². The van der Waals surface area contributed by atoms with Crippen LogP contribution in [0.5, 0.6) is 0 Å². The molecule has 0 spiro atoms. The van der Waals surface area contributed by atoms with Crippen molar-refractivity contribution in [2.24, 2.45) is 0 Å². The molecule has 0 bridgehead atoms. The molecule has 1 fully saturated rings. The van der Waals surface area contributed by atoms with Crippen molar-refractivity contribution in [2.75, 3.05) is 33.4 Å². The van der Waals surface area contributed by atoms with Gasteiger partial charge >= 0.3 is 0 Å². The minimum absolute atomic E-state index is 0.220. The molecular weight excluding hydrogens is 297 g/mol. The average Bonchev–Trinajstić information content (AvgIpc) is 2.45. The lowest BCUT2D eigenvalue weighted by Gasteiger charge is -2.32. The van der Waals surface area contributed by atoms with E-state index in [1.807, 2.05) is 0 Å². The van der Waals surface area contributed by atoms with Gasteiger partial charge in [-0.3, -0.25) is 0 Å². The van der Waals surface area contributed by atoms with Crippen LogP contribution in [0, 0.1) is 12.7 Å². The fourth-order valence-electron chi connectivity index (χ4n) is 2.29. The van der Waals surface area contributed by atoms with E-state index in [0.29, 0.717) is 25.2 Å². The number of rotatable bonds is 5. The second-order valence-electron chi connectivity index (χ2n) is 5.07. The number of benzene rings is 1. The van der Waals surface area contributed by atoms with Crippen LogP contribution in [0.25, 0.3) is 0 Å². The lowest BCUT2D eigenvalue weighted by Crippen LogP contribution is -2.46. The van der Waals surface area contributed by atoms with Gasteiger partial charge in [0.1, 0.15) is 10.7 Å². The van der Waals surface area contributed by atoms with E-state index in [-0.39, 0.29) is 24.1 Å². The zero-order valence-electron chi connectivity index (χ0n) is 12.2. The van der Waals surface area contributed by atoms with Gasteiger partial charge in [-0.25, -0.2) is 12.8 Å². The maximum absolute atomic E-state index is 13.9. The van der Waals surface area contributed by atoms with Crippen LogP contribution < -0.4 is 0 Å². The highest BCUT2D eigenvalue weighted by Crippen LogP contribution is 2.23. The summed E-state index contributed by atoms with van der Waals surface area (Å²) in [4.78, 5) is -0.277. The number of hydrogen-bond donors (Lipinski definition) is 0. The van der Waals surface area contributed by atoms with E-state index in [4.69, 9.17) is 9.47 Å². The molecule has 0 saturated carbocycles. The molecular formula is C14H20FNO4S. The lowest BCUT2D eigenvalue weighted by atomic mass is 10.2. The van der Waals surface area contributed by atoms with E-state index in [1.54, 1.807) is 20.1 Å². The number of nitrogens with zero attached hydrogens (tertiary/aromatic N) is 1. The van der Waals surface area contributed by atoms with Gasteiger partial charge in [0.2, 0.25) is 10.0 Å². The van der Waals surface area contributed by atoms with Gasteiger partial charge < -0.3 is 9.47 Å². The molecule has 7 heteroatoms. The Morgan fingerprint density at radius 2 is 2.24 bits per heavy atom. The molecule has 1 atom stereocenters. The van der Waals surface area contributed by atoms with Crippen LogP contribution in [0.1, 0.15) is 12.0 Å². The standard InChI is InChI=1S/C14H20FNO4S/c1-11-3-4-14(13(15)9-11)21(17,18)16-6-8-20-12(10-16)5-7-19-2/h3-4,9,12H,5-8,10H2,1-2H3/t12-/m0/s1. The molecule has 118 valence electrons. The molecule has 0 radical (unpaired) electrons. The molecule has 0 N–H and O–H groups in total. The van der Waals surface area contributed by atoms with E-state index >= 15 is 0 Å². The number of hydrogen-bond acceptors (Lipinski definition) is 4. The third-order valence-electron chi connectivity index (χ3n) is 3.45. The van der Waals surface area contributed by atoms with Gasteiger partial charge in [0.15, 0.2) is 0 Å². The Hall–Kier alpha value is -1.02. The van der Waals surface area contributed by atoms with Crippen molar-refractivity contribution in [3.63, 3.8) is 0 Å². The van der Waals surface area contributed by atoms with E-state index in [2.05, 4.69) is 0 Å². The maximum Gasteiger partial charge on any atom is 0.246 e. The number of aryl methyl sites for hydroxylation is 1. The Morgan fingerprint density at radius 3 is 2.90 bits per heavy atom. The highest BCUT2D eigenvalue weighted by atomic mass is 32.2. The lowest BCUT2D eigenvalue weighted by molar-refractivity contribution is -0.0168.